The highest BCUT2D eigenvalue weighted by atomic mass is 35.5. The van der Waals surface area contributed by atoms with E-state index in [1.807, 2.05) is 24.3 Å². The van der Waals surface area contributed by atoms with E-state index in [1.54, 1.807) is 0 Å². The maximum atomic E-state index is 6.48. The summed E-state index contributed by atoms with van der Waals surface area (Å²) in [6.45, 7) is 0. The van der Waals surface area contributed by atoms with Crippen LogP contribution in [0.2, 0.25) is 5.02 Å². The summed E-state index contributed by atoms with van der Waals surface area (Å²) in [4.78, 5) is 0. The van der Waals surface area contributed by atoms with Gasteiger partial charge in [0, 0.05) is 16.5 Å². The Morgan fingerprint density at radius 1 is 1.00 bits per heavy atom. The van der Waals surface area contributed by atoms with E-state index in [2.05, 4.69) is 30.3 Å². The molecule has 18 heavy (non-hydrogen) atoms. The predicted octanol–water partition coefficient (Wildman–Crippen LogP) is 4.07. The van der Waals surface area contributed by atoms with E-state index < -0.39 is 0 Å². The van der Waals surface area contributed by atoms with Crippen molar-refractivity contribution < 1.29 is 0 Å². The number of hydrogen-bond acceptors (Lipinski definition) is 1. The summed E-state index contributed by atoms with van der Waals surface area (Å²) in [6, 6.07) is 18.5. The summed E-state index contributed by atoms with van der Waals surface area (Å²) in [7, 11) is 0. The molecule has 1 aliphatic carbocycles. The SMILES string of the molecule is NC(c1cccc(Cl)c1)C1(c2ccccc2)CC1. The van der Waals surface area contributed by atoms with Crippen LogP contribution in [0.15, 0.2) is 54.6 Å². The average molecular weight is 258 g/mol. The lowest BCUT2D eigenvalue weighted by atomic mass is 9.84. The number of benzene rings is 2. The zero-order chi connectivity index (χ0) is 12.6. The van der Waals surface area contributed by atoms with Gasteiger partial charge in [0.05, 0.1) is 0 Å². The van der Waals surface area contributed by atoms with Crippen LogP contribution in [0.4, 0.5) is 0 Å². The fourth-order valence-electron chi connectivity index (χ4n) is 2.70. The second-order valence-electron chi connectivity index (χ2n) is 5.05. The van der Waals surface area contributed by atoms with Crippen LogP contribution < -0.4 is 5.73 Å². The van der Waals surface area contributed by atoms with Crippen molar-refractivity contribution in [2.24, 2.45) is 5.73 Å². The normalized spacial score (nSPS) is 18.3. The topological polar surface area (TPSA) is 26.0 Å². The lowest BCUT2D eigenvalue weighted by Gasteiger charge is -2.24. The standard InChI is InChI=1S/C16H16ClN/c17-14-8-4-5-12(11-14)15(18)16(9-10-16)13-6-2-1-3-7-13/h1-8,11,15H,9-10,18H2. The van der Waals surface area contributed by atoms with Crippen LogP contribution in [0.1, 0.15) is 30.0 Å². The molecule has 1 fully saturated rings. The number of rotatable bonds is 3. The molecule has 0 aliphatic heterocycles. The molecule has 0 spiro atoms. The van der Waals surface area contributed by atoms with Gasteiger partial charge in [0.2, 0.25) is 0 Å². The monoisotopic (exact) mass is 257 g/mol. The second-order valence-corrected chi connectivity index (χ2v) is 5.49. The quantitative estimate of drug-likeness (QED) is 0.881. The van der Waals surface area contributed by atoms with E-state index in [0.29, 0.717) is 0 Å². The van der Waals surface area contributed by atoms with Gasteiger partial charge in [0.25, 0.3) is 0 Å². The average Bonchev–Trinajstić information content (AvgIpc) is 3.20. The summed E-state index contributed by atoms with van der Waals surface area (Å²) in [5.41, 5.74) is 9.07. The van der Waals surface area contributed by atoms with Crippen molar-refractivity contribution in [3.8, 4) is 0 Å². The van der Waals surface area contributed by atoms with Crippen LogP contribution in [0, 0.1) is 0 Å². The Morgan fingerprint density at radius 2 is 1.72 bits per heavy atom. The highest BCUT2D eigenvalue weighted by Crippen LogP contribution is 2.55. The molecular formula is C16H16ClN. The highest BCUT2D eigenvalue weighted by Gasteiger charge is 2.49. The Balaban J connectivity index is 1.95. The maximum absolute atomic E-state index is 6.48. The van der Waals surface area contributed by atoms with Gasteiger partial charge in [-0.15, -0.1) is 0 Å². The number of nitrogens with two attached hydrogens (primary N) is 1. The van der Waals surface area contributed by atoms with Crippen LogP contribution in [0.5, 0.6) is 0 Å². The molecule has 2 aromatic rings. The zero-order valence-electron chi connectivity index (χ0n) is 10.1. The third-order valence-corrected chi connectivity index (χ3v) is 4.18. The minimum absolute atomic E-state index is 0.0265. The Labute approximate surface area is 113 Å². The van der Waals surface area contributed by atoms with Crippen molar-refractivity contribution in [3.63, 3.8) is 0 Å². The van der Waals surface area contributed by atoms with E-state index in [1.165, 1.54) is 5.56 Å². The van der Waals surface area contributed by atoms with Gasteiger partial charge in [-0.05, 0) is 36.1 Å². The first-order valence-electron chi connectivity index (χ1n) is 6.29. The first-order chi connectivity index (χ1) is 8.72. The van der Waals surface area contributed by atoms with Crippen LogP contribution in [-0.4, -0.2) is 0 Å². The van der Waals surface area contributed by atoms with Gasteiger partial charge >= 0.3 is 0 Å². The Hall–Kier alpha value is -1.31. The molecule has 0 heterocycles. The van der Waals surface area contributed by atoms with E-state index in [-0.39, 0.29) is 11.5 Å². The summed E-state index contributed by atoms with van der Waals surface area (Å²) in [5.74, 6) is 0. The van der Waals surface area contributed by atoms with Gasteiger partial charge in [0.1, 0.15) is 0 Å². The first-order valence-corrected chi connectivity index (χ1v) is 6.67. The molecule has 0 amide bonds. The van der Waals surface area contributed by atoms with E-state index in [4.69, 9.17) is 17.3 Å². The second kappa shape index (κ2) is 4.42. The van der Waals surface area contributed by atoms with Crippen molar-refractivity contribution in [1.82, 2.24) is 0 Å². The molecule has 2 heteroatoms. The van der Waals surface area contributed by atoms with Gasteiger partial charge in [-0.2, -0.15) is 0 Å². The molecule has 2 aromatic carbocycles. The predicted molar refractivity (Wildman–Crippen MR) is 75.7 cm³/mol. The van der Waals surface area contributed by atoms with Crippen LogP contribution in [0.3, 0.4) is 0 Å². The van der Waals surface area contributed by atoms with Crippen molar-refractivity contribution in [2.75, 3.05) is 0 Å². The largest absolute Gasteiger partial charge is 0.323 e. The van der Waals surface area contributed by atoms with Crippen molar-refractivity contribution in [2.45, 2.75) is 24.3 Å². The molecule has 1 atom stereocenters. The van der Waals surface area contributed by atoms with Crippen molar-refractivity contribution in [1.29, 1.82) is 0 Å². The molecule has 1 aliphatic rings. The highest BCUT2D eigenvalue weighted by molar-refractivity contribution is 6.30. The Bertz CT molecular complexity index is 546. The zero-order valence-corrected chi connectivity index (χ0v) is 10.9. The van der Waals surface area contributed by atoms with Crippen LogP contribution in [-0.2, 0) is 5.41 Å². The molecule has 0 saturated heterocycles. The first kappa shape index (κ1) is 11.8. The summed E-state index contributed by atoms with van der Waals surface area (Å²) in [5, 5.41) is 0.756. The molecule has 3 rings (SSSR count). The molecular weight excluding hydrogens is 242 g/mol. The summed E-state index contributed by atoms with van der Waals surface area (Å²) in [6.07, 6.45) is 2.31. The van der Waals surface area contributed by atoms with E-state index >= 15 is 0 Å². The van der Waals surface area contributed by atoms with Gasteiger partial charge in [-0.3, -0.25) is 0 Å². The maximum Gasteiger partial charge on any atom is 0.0409 e. The van der Waals surface area contributed by atoms with Crippen molar-refractivity contribution >= 4 is 11.6 Å². The van der Waals surface area contributed by atoms with Gasteiger partial charge in [0.15, 0.2) is 0 Å². The molecule has 0 bridgehead atoms. The minimum Gasteiger partial charge on any atom is -0.323 e. The van der Waals surface area contributed by atoms with Crippen LogP contribution >= 0.6 is 11.6 Å². The fourth-order valence-corrected chi connectivity index (χ4v) is 2.90. The molecule has 1 nitrogen and oxygen atoms in total. The molecule has 2 N–H and O–H groups in total. The molecule has 1 saturated carbocycles. The summed E-state index contributed by atoms with van der Waals surface area (Å²) < 4.78 is 0. The van der Waals surface area contributed by atoms with Crippen LogP contribution in [0.25, 0.3) is 0 Å². The Morgan fingerprint density at radius 3 is 2.33 bits per heavy atom. The van der Waals surface area contributed by atoms with Crippen molar-refractivity contribution in [3.05, 3.63) is 70.7 Å². The smallest absolute Gasteiger partial charge is 0.0409 e. The van der Waals surface area contributed by atoms with Gasteiger partial charge in [-0.1, -0.05) is 54.1 Å². The third-order valence-electron chi connectivity index (χ3n) is 3.94. The Kier molecular flexibility index (Phi) is 2.89. The minimum atomic E-state index is 0.0265. The van der Waals surface area contributed by atoms with E-state index in [9.17, 15) is 0 Å². The molecule has 0 aromatic heterocycles. The molecule has 92 valence electrons. The third kappa shape index (κ3) is 1.94. The molecule has 0 radical (unpaired) electrons. The summed E-state index contributed by atoms with van der Waals surface area (Å²) >= 11 is 6.05. The van der Waals surface area contributed by atoms with E-state index in [0.717, 1.165) is 23.4 Å². The number of halogens is 1. The fraction of sp³-hybridized carbons (Fsp3) is 0.250. The molecule has 1 unspecified atom stereocenters. The van der Waals surface area contributed by atoms with Gasteiger partial charge < -0.3 is 5.73 Å². The van der Waals surface area contributed by atoms with Gasteiger partial charge in [-0.25, -0.2) is 0 Å². The number of hydrogen-bond donors (Lipinski definition) is 1. The lowest BCUT2D eigenvalue weighted by Crippen LogP contribution is -2.26. The lowest BCUT2D eigenvalue weighted by molar-refractivity contribution is 0.541.